The Kier molecular flexibility index (Phi) is 2.68. The summed E-state index contributed by atoms with van der Waals surface area (Å²) >= 11 is 0. The zero-order valence-electron chi connectivity index (χ0n) is 9.30. The van der Waals surface area contributed by atoms with Gasteiger partial charge < -0.3 is 10.1 Å². The van der Waals surface area contributed by atoms with Gasteiger partial charge in [-0.25, -0.2) is 9.78 Å². The van der Waals surface area contributed by atoms with Crippen molar-refractivity contribution >= 4 is 11.2 Å². The number of imidazole rings is 1. The predicted octanol–water partition coefficient (Wildman–Crippen LogP) is -0.898. The molecule has 2 rings (SSSR count). The second-order valence-electron chi connectivity index (χ2n) is 3.59. The van der Waals surface area contributed by atoms with E-state index in [1.165, 1.54) is 7.05 Å². The fraction of sp³-hybridized carbons (Fsp3) is 0.300. The number of aromatic nitrogens is 4. The first-order valence-corrected chi connectivity index (χ1v) is 5.00. The van der Waals surface area contributed by atoms with Crippen LogP contribution in [0.4, 0.5) is 0 Å². The Balaban J connectivity index is 2.91. The van der Waals surface area contributed by atoms with Crippen molar-refractivity contribution in [3.8, 4) is 0 Å². The Morgan fingerprint density at radius 2 is 2.24 bits per heavy atom. The van der Waals surface area contributed by atoms with E-state index in [2.05, 4.69) is 16.5 Å². The fourth-order valence-electron chi connectivity index (χ4n) is 1.64. The molecular formula is C10H12N4O3. The first kappa shape index (κ1) is 11.3. The Morgan fingerprint density at radius 1 is 1.53 bits per heavy atom. The van der Waals surface area contributed by atoms with E-state index in [0.717, 1.165) is 9.13 Å². The molecule has 90 valence electrons. The minimum absolute atomic E-state index is 0.164. The molecule has 2 heterocycles. The van der Waals surface area contributed by atoms with E-state index in [0.29, 0.717) is 12.2 Å². The molecule has 0 amide bonds. The number of H-pyrrole nitrogens is 1. The van der Waals surface area contributed by atoms with Gasteiger partial charge in [-0.05, 0) is 0 Å². The van der Waals surface area contributed by atoms with Crippen molar-refractivity contribution in [1.29, 1.82) is 0 Å². The van der Waals surface area contributed by atoms with Gasteiger partial charge in [0.15, 0.2) is 5.65 Å². The van der Waals surface area contributed by atoms with Crippen LogP contribution in [-0.4, -0.2) is 24.2 Å². The Morgan fingerprint density at radius 3 is 2.82 bits per heavy atom. The van der Waals surface area contributed by atoms with Crippen molar-refractivity contribution in [2.24, 2.45) is 7.05 Å². The lowest BCUT2D eigenvalue weighted by Crippen LogP contribution is -2.38. The molecule has 2 N–H and O–H groups in total. The van der Waals surface area contributed by atoms with E-state index >= 15 is 0 Å². The summed E-state index contributed by atoms with van der Waals surface area (Å²) in [5, 5.41) is 9.14. The van der Waals surface area contributed by atoms with Crippen LogP contribution in [0.5, 0.6) is 0 Å². The maximum Gasteiger partial charge on any atom is 0.334 e. The maximum atomic E-state index is 11.8. The van der Waals surface area contributed by atoms with Gasteiger partial charge in [0, 0.05) is 13.5 Å². The lowest BCUT2D eigenvalue weighted by molar-refractivity contribution is 0.206. The third-order valence-corrected chi connectivity index (χ3v) is 2.50. The van der Waals surface area contributed by atoms with Crippen molar-refractivity contribution in [2.45, 2.75) is 13.2 Å². The second kappa shape index (κ2) is 4.02. The summed E-state index contributed by atoms with van der Waals surface area (Å²) in [6.07, 6.45) is 2.08. The molecule has 0 saturated heterocycles. The molecule has 7 nitrogen and oxygen atoms in total. The van der Waals surface area contributed by atoms with E-state index in [4.69, 9.17) is 5.11 Å². The van der Waals surface area contributed by atoms with Crippen LogP contribution in [0.1, 0.15) is 5.82 Å². The average molecular weight is 236 g/mol. The smallest absolute Gasteiger partial charge is 0.334 e. The first-order valence-electron chi connectivity index (χ1n) is 5.00. The highest BCUT2D eigenvalue weighted by Crippen LogP contribution is 2.05. The standard InChI is InChI=1S/C10H12N4O3/c1-3-4-6-11-7-8(12-6)14(5-15)10(17)13(2)9(7)16/h3,15H,1,4-5H2,2H3,(H,11,12). The molecule has 0 aliphatic rings. The van der Waals surface area contributed by atoms with Gasteiger partial charge in [0.1, 0.15) is 18.1 Å². The summed E-state index contributed by atoms with van der Waals surface area (Å²) in [5.74, 6) is 0.528. The largest absolute Gasteiger partial charge is 0.376 e. The highest BCUT2D eigenvalue weighted by molar-refractivity contribution is 5.69. The predicted molar refractivity (Wildman–Crippen MR) is 61.7 cm³/mol. The molecule has 0 aliphatic carbocycles. The van der Waals surface area contributed by atoms with Crippen LogP contribution in [-0.2, 0) is 20.2 Å². The third-order valence-electron chi connectivity index (χ3n) is 2.50. The van der Waals surface area contributed by atoms with Crippen molar-refractivity contribution < 1.29 is 5.11 Å². The Bertz CT molecular complexity index is 692. The van der Waals surface area contributed by atoms with Crippen LogP contribution in [0.2, 0.25) is 0 Å². The van der Waals surface area contributed by atoms with Gasteiger partial charge in [-0.1, -0.05) is 6.08 Å². The highest BCUT2D eigenvalue weighted by Gasteiger charge is 2.14. The summed E-state index contributed by atoms with van der Waals surface area (Å²) in [5.41, 5.74) is -0.686. The van der Waals surface area contributed by atoms with Crippen molar-refractivity contribution in [3.63, 3.8) is 0 Å². The van der Waals surface area contributed by atoms with Crippen LogP contribution in [0.3, 0.4) is 0 Å². The molecule has 0 spiro atoms. The van der Waals surface area contributed by atoms with E-state index in [1.54, 1.807) is 6.08 Å². The highest BCUT2D eigenvalue weighted by atomic mass is 16.3. The van der Waals surface area contributed by atoms with Crippen LogP contribution < -0.4 is 11.2 Å². The lowest BCUT2D eigenvalue weighted by atomic mass is 10.4. The van der Waals surface area contributed by atoms with E-state index in [9.17, 15) is 9.59 Å². The quantitative estimate of drug-likeness (QED) is 0.675. The molecule has 7 heteroatoms. The van der Waals surface area contributed by atoms with Gasteiger partial charge in [0.05, 0.1) is 0 Å². The van der Waals surface area contributed by atoms with Gasteiger partial charge in [-0.3, -0.25) is 13.9 Å². The molecule has 17 heavy (non-hydrogen) atoms. The molecule has 0 aliphatic heterocycles. The minimum atomic E-state index is -0.596. The molecule has 0 unspecified atom stereocenters. The van der Waals surface area contributed by atoms with E-state index in [1.807, 2.05) is 0 Å². The number of aromatic amines is 1. The molecular weight excluding hydrogens is 224 g/mol. The van der Waals surface area contributed by atoms with Crippen LogP contribution in [0, 0.1) is 0 Å². The zero-order chi connectivity index (χ0) is 12.6. The van der Waals surface area contributed by atoms with Crippen LogP contribution in [0.15, 0.2) is 22.2 Å². The number of fused-ring (bicyclic) bond motifs is 1. The number of hydrogen-bond acceptors (Lipinski definition) is 4. The average Bonchev–Trinajstić information content (AvgIpc) is 2.71. The van der Waals surface area contributed by atoms with Crippen LogP contribution >= 0.6 is 0 Å². The third kappa shape index (κ3) is 1.60. The minimum Gasteiger partial charge on any atom is -0.376 e. The second-order valence-corrected chi connectivity index (χ2v) is 3.59. The number of hydrogen-bond donors (Lipinski definition) is 2. The fourth-order valence-corrected chi connectivity index (χ4v) is 1.64. The van der Waals surface area contributed by atoms with Gasteiger partial charge in [-0.15, -0.1) is 6.58 Å². The van der Waals surface area contributed by atoms with Gasteiger partial charge in [-0.2, -0.15) is 0 Å². The monoisotopic (exact) mass is 236 g/mol. The summed E-state index contributed by atoms with van der Waals surface area (Å²) < 4.78 is 1.95. The number of aliphatic hydroxyl groups is 1. The lowest BCUT2D eigenvalue weighted by Gasteiger charge is -2.03. The number of rotatable bonds is 3. The molecule has 2 aromatic rings. The number of nitrogens with zero attached hydrogens (tertiary/aromatic N) is 3. The van der Waals surface area contributed by atoms with Gasteiger partial charge in [0.2, 0.25) is 0 Å². The van der Waals surface area contributed by atoms with Gasteiger partial charge in [0.25, 0.3) is 5.56 Å². The Labute approximate surface area is 95.7 Å². The maximum absolute atomic E-state index is 11.8. The summed E-state index contributed by atoms with van der Waals surface area (Å²) in [6, 6.07) is 0. The van der Waals surface area contributed by atoms with Crippen molar-refractivity contribution in [1.82, 2.24) is 19.1 Å². The van der Waals surface area contributed by atoms with Crippen molar-refractivity contribution in [2.75, 3.05) is 0 Å². The van der Waals surface area contributed by atoms with Crippen LogP contribution in [0.25, 0.3) is 11.2 Å². The molecule has 0 fully saturated rings. The molecule has 0 atom stereocenters. The van der Waals surface area contributed by atoms with E-state index < -0.39 is 18.0 Å². The summed E-state index contributed by atoms with van der Waals surface area (Å²) in [4.78, 5) is 30.4. The topological polar surface area (TPSA) is 92.9 Å². The number of aliphatic hydroxyl groups excluding tert-OH is 1. The SMILES string of the molecule is C=CCc1nc2c([nH]1)c(=O)n(C)c(=O)n2CO. The summed E-state index contributed by atoms with van der Waals surface area (Å²) in [6.45, 7) is 3.04. The number of nitrogens with one attached hydrogen (secondary N) is 1. The van der Waals surface area contributed by atoms with E-state index in [-0.39, 0.29) is 11.2 Å². The number of allylic oxidation sites excluding steroid dienone is 1. The molecule has 0 saturated carbocycles. The normalized spacial score (nSPS) is 10.9. The zero-order valence-corrected chi connectivity index (χ0v) is 9.30. The van der Waals surface area contributed by atoms with Gasteiger partial charge >= 0.3 is 5.69 Å². The Hall–Kier alpha value is -2.15. The van der Waals surface area contributed by atoms with Crippen molar-refractivity contribution in [3.05, 3.63) is 39.3 Å². The summed E-state index contributed by atoms with van der Waals surface area (Å²) in [7, 11) is 1.35. The molecule has 2 aromatic heterocycles. The molecule has 0 radical (unpaired) electrons. The molecule has 0 bridgehead atoms. The first-order chi connectivity index (χ1) is 8.10. The molecule has 0 aromatic carbocycles.